The number of Topliss-reactive ketones (excluding diaryl/α,β-unsaturated/α-hetero) is 1. The minimum absolute atomic E-state index is 0.145. The number of nitrogens with zero attached hydrogens (tertiary/aromatic N) is 3. The minimum atomic E-state index is -0.546. The summed E-state index contributed by atoms with van der Waals surface area (Å²) in [5, 5.41) is 4.49. The molecule has 0 unspecified atom stereocenters. The number of hydrogen-bond donors (Lipinski definition) is 0. The van der Waals surface area contributed by atoms with Crippen LogP contribution in [0.5, 0.6) is 0 Å². The maximum absolute atomic E-state index is 13.1. The molecule has 1 amide bonds. The average Bonchev–Trinajstić information content (AvgIpc) is 2.96. The zero-order valence-electron chi connectivity index (χ0n) is 16.0. The highest BCUT2D eigenvalue weighted by Gasteiger charge is 2.31. The monoisotopic (exact) mass is 361 g/mol. The Bertz CT molecular complexity index is 960. The van der Waals surface area contributed by atoms with Crippen LogP contribution in [0.2, 0.25) is 0 Å². The average molecular weight is 361 g/mol. The van der Waals surface area contributed by atoms with E-state index in [0.29, 0.717) is 22.6 Å². The SMILES string of the molecule is Cc1nn(-c2ccccc2)c(C)c1C(=O)C(=O)N(c1ccccc1)C(C)C. The highest BCUT2D eigenvalue weighted by atomic mass is 16.2. The molecule has 27 heavy (non-hydrogen) atoms. The van der Waals surface area contributed by atoms with Gasteiger partial charge in [-0.15, -0.1) is 0 Å². The van der Waals surface area contributed by atoms with Crippen LogP contribution in [0.25, 0.3) is 5.69 Å². The largest absolute Gasteiger partial charge is 0.303 e. The standard InChI is InChI=1S/C22H23N3O2/c1-15(2)24(18-11-7-5-8-12-18)22(27)21(26)20-16(3)23-25(17(20)4)19-13-9-6-10-14-19/h5-15H,1-4H3. The molecule has 0 saturated heterocycles. The molecule has 138 valence electrons. The first kappa shape index (κ1) is 18.6. The van der Waals surface area contributed by atoms with E-state index in [1.54, 1.807) is 11.6 Å². The number of aryl methyl sites for hydroxylation is 1. The number of anilines is 1. The molecule has 3 rings (SSSR count). The first-order valence-electron chi connectivity index (χ1n) is 8.96. The molecule has 0 fully saturated rings. The molecule has 0 radical (unpaired) electrons. The number of carbonyl (C=O) groups is 2. The van der Waals surface area contributed by atoms with Gasteiger partial charge in [0.2, 0.25) is 0 Å². The molecule has 3 aromatic rings. The summed E-state index contributed by atoms with van der Waals surface area (Å²) >= 11 is 0. The molecule has 5 nitrogen and oxygen atoms in total. The fourth-order valence-electron chi connectivity index (χ4n) is 3.25. The molecule has 0 atom stereocenters. The lowest BCUT2D eigenvalue weighted by Crippen LogP contribution is -2.41. The summed E-state index contributed by atoms with van der Waals surface area (Å²) in [7, 11) is 0. The summed E-state index contributed by atoms with van der Waals surface area (Å²) in [6.45, 7) is 7.36. The van der Waals surface area contributed by atoms with Gasteiger partial charge < -0.3 is 4.90 Å². The van der Waals surface area contributed by atoms with Crippen molar-refractivity contribution in [3.63, 3.8) is 0 Å². The second-order valence-electron chi connectivity index (χ2n) is 6.73. The van der Waals surface area contributed by atoms with Gasteiger partial charge in [-0.2, -0.15) is 5.10 Å². The molecule has 0 spiro atoms. The molecular formula is C22H23N3O2. The van der Waals surface area contributed by atoms with Gasteiger partial charge in [0.05, 0.1) is 22.6 Å². The molecule has 1 aromatic heterocycles. The van der Waals surface area contributed by atoms with Crippen LogP contribution in [-0.2, 0) is 4.79 Å². The van der Waals surface area contributed by atoms with E-state index in [0.717, 1.165) is 5.69 Å². The molecule has 0 bridgehead atoms. The van der Waals surface area contributed by atoms with Gasteiger partial charge in [-0.25, -0.2) is 4.68 Å². The molecule has 5 heteroatoms. The number of para-hydroxylation sites is 2. The zero-order chi connectivity index (χ0) is 19.6. The molecule has 1 heterocycles. The molecule has 0 N–H and O–H groups in total. The molecule has 2 aromatic carbocycles. The van der Waals surface area contributed by atoms with E-state index in [9.17, 15) is 9.59 Å². The van der Waals surface area contributed by atoms with Crippen molar-refractivity contribution < 1.29 is 9.59 Å². The number of aromatic nitrogens is 2. The lowest BCUT2D eigenvalue weighted by Gasteiger charge is -2.26. The molecule has 0 aliphatic rings. The Balaban J connectivity index is 2.00. The molecule has 0 aliphatic heterocycles. The lowest BCUT2D eigenvalue weighted by molar-refractivity contribution is -0.115. The van der Waals surface area contributed by atoms with Crippen molar-refractivity contribution in [2.45, 2.75) is 33.7 Å². The fourth-order valence-corrected chi connectivity index (χ4v) is 3.25. The van der Waals surface area contributed by atoms with Crippen LogP contribution in [0.3, 0.4) is 0 Å². The Morgan fingerprint density at radius 3 is 2.04 bits per heavy atom. The Morgan fingerprint density at radius 1 is 0.926 bits per heavy atom. The van der Waals surface area contributed by atoms with Crippen molar-refractivity contribution in [3.8, 4) is 5.69 Å². The number of carbonyl (C=O) groups excluding carboxylic acids is 2. The Kier molecular flexibility index (Phi) is 5.21. The van der Waals surface area contributed by atoms with Gasteiger partial charge in [0.1, 0.15) is 0 Å². The fraction of sp³-hybridized carbons (Fsp3) is 0.227. The van der Waals surface area contributed by atoms with E-state index >= 15 is 0 Å². The smallest absolute Gasteiger partial charge is 0.299 e. The number of benzene rings is 2. The van der Waals surface area contributed by atoms with Crippen LogP contribution in [0.1, 0.15) is 35.6 Å². The van der Waals surface area contributed by atoms with Crippen LogP contribution >= 0.6 is 0 Å². The van der Waals surface area contributed by atoms with Crippen molar-refractivity contribution >= 4 is 17.4 Å². The summed E-state index contributed by atoms with van der Waals surface area (Å²) in [6, 6.07) is 18.7. The van der Waals surface area contributed by atoms with Gasteiger partial charge >= 0.3 is 0 Å². The van der Waals surface area contributed by atoms with E-state index in [4.69, 9.17) is 0 Å². The molecule has 0 saturated carbocycles. The third-order valence-electron chi connectivity index (χ3n) is 4.48. The van der Waals surface area contributed by atoms with E-state index < -0.39 is 11.7 Å². The number of hydrogen-bond acceptors (Lipinski definition) is 3. The highest BCUT2D eigenvalue weighted by molar-refractivity contribution is 6.47. The van der Waals surface area contributed by atoms with Crippen molar-refractivity contribution in [2.24, 2.45) is 0 Å². The van der Waals surface area contributed by atoms with Gasteiger partial charge in [-0.3, -0.25) is 9.59 Å². The third kappa shape index (κ3) is 3.53. The zero-order valence-corrected chi connectivity index (χ0v) is 16.0. The van der Waals surface area contributed by atoms with Gasteiger partial charge in [-0.1, -0.05) is 36.4 Å². The number of ketones is 1. The van der Waals surface area contributed by atoms with Gasteiger partial charge in [0.15, 0.2) is 0 Å². The Labute approximate surface area is 159 Å². The summed E-state index contributed by atoms with van der Waals surface area (Å²) < 4.78 is 1.71. The summed E-state index contributed by atoms with van der Waals surface area (Å²) in [4.78, 5) is 27.7. The van der Waals surface area contributed by atoms with E-state index in [2.05, 4.69) is 5.10 Å². The maximum atomic E-state index is 13.1. The van der Waals surface area contributed by atoms with Crippen molar-refractivity contribution in [2.75, 3.05) is 4.90 Å². The predicted octanol–water partition coefficient (Wildman–Crippen LogP) is 4.11. The predicted molar refractivity (Wildman–Crippen MR) is 106 cm³/mol. The Morgan fingerprint density at radius 2 is 1.48 bits per heavy atom. The van der Waals surface area contributed by atoms with E-state index in [1.807, 2.05) is 81.4 Å². The van der Waals surface area contributed by atoms with Crippen LogP contribution < -0.4 is 4.90 Å². The van der Waals surface area contributed by atoms with Crippen LogP contribution in [0.4, 0.5) is 5.69 Å². The maximum Gasteiger partial charge on any atom is 0.299 e. The molecular weight excluding hydrogens is 338 g/mol. The van der Waals surface area contributed by atoms with Crippen LogP contribution in [0.15, 0.2) is 60.7 Å². The first-order valence-corrected chi connectivity index (χ1v) is 8.96. The number of amides is 1. The second-order valence-corrected chi connectivity index (χ2v) is 6.73. The van der Waals surface area contributed by atoms with Crippen molar-refractivity contribution in [1.29, 1.82) is 0 Å². The first-order chi connectivity index (χ1) is 12.9. The van der Waals surface area contributed by atoms with Crippen LogP contribution in [-0.4, -0.2) is 27.5 Å². The van der Waals surface area contributed by atoms with Gasteiger partial charge in [0.25, 0.3) is 11.7 Å². The quantitative estimate of drug-likeness (QED) is 0.507. The summed E-state index contributed by atoms with van der Waals surface area (Å²) in [6.07, 6.45) is 0. The highest BCUT2D eigenvalue weighted by Crippen LogP contribution is 2.22. The Hall–Kier alpha value is -3.21. The van der Waals surface area contributed by atoms with Crippen molar-refractivity contribution in [3.05, 3.63) is 77.6 Å². The van der Waals surface area contributed by atoms with E-state index in [-0.39, 0.29) is 6.04 Å². The summed E-state index contributed by atoms with van der Waals surface area (Å²) in [5.74, 6) is -1.08. The topological polar surface area (TPSA) is 55.2 Å². The normalized spacial score (nSPS) is 10.9. The number of rotatable bonds is 5. The van der Waals surface area contributed by atoms with Gasteiger partial charge in [0, 0.05) is 11.7 Å². The summed E-state index contributed by atoms with van der Waals surface area (Å²) in [5.41, 5.74) is 3.13. The second kappa shape index (κ2) is 7.58. The van der Waals surface area contributed by atoms with Gasteiger partial charge in [-0.05, 0) is 52.0 Å². The lowest BCUT2D eigenvalue weighted by atomic mass is 10.1. The molecule has 0 aliphatic carbocycles. The van der Waals surface area contributed by atoms with Crippen molar-refractivity contribution in [1.82, 2.24) is 9.78 Å². The minimum Gasteiger partial charge on any atom is -0.303 e. The third-order valence-corrected chi connectivity index (χ3v) is 4.48. The van der Waals surface area contributed by atoms with Crippen LogP contribution in [0, 0.1) is 13.8 Å². The van der Waals surface area contributed by atoms with E-state index in [1.165, 1.54) is 4.90 Å².